The second-order valence-electron chi connectivity index (χ2n) is 7.55. The summed E-state index contributed by atoms with van der Waals surface area (Å²) < 4.78 is 0. The second-order valence-corrected chi connectivity index (χ2v) is 7.95. The van der Waals surface area contributed by atoms with Gasteiger partial charge in [-0.25, -0.2) is 0 Å². The minimum absolute atomic E-state index is 0.0477. The van der Waals surface area contributed by atoms with Crippen LogP contribution in [-0.4, -0.2) is 23.9 Å². The smallest absolute Gasteiger partial charge is 0.293 e. The average molecular weight is 402 g/mol. The first-order valence-electron chi connectivity index (χ1n) is 9.37. The molecule has 1 aliphatic rings. The zero-order valence-electron chi connectivity index (χ0n) is 16.3. The van der Waals surface area contributed by atoms with Gasteiger partial charge in [0, 0.05) is 24.7 Å². The van der Waals surface area contributed by atoms with Gasteiger partial charge in [-0.05, 0) is 61.9 Å². The number of carbonyl (C=O) groups is 1. The summed E-state index contributed by atoms with van der Waals surface area (Å²) >= 11 is 6.26. The molecule has 6 nitrogen and oxygen atoms in total. The predicted octanol–water partition coefficient (Wildman–Crippen LogP) is 5.35. The van der Waals surface area contributed by atoms with Crippen molar-refractivity contribution in [1.82, 2.24) is 0 Å². The van der Waals surface area contributed by atoms with Crippen molar-refractivity contribution in [3.8, 4) is 0 Å². The van der Waals surface area contributed by atoms with Crippen molar-refractivity contribution in [2.24, 2.45) is 5.92 Å². The van der Waals surface area contributed by atoms with Gasteiger partial charge in [0.1, 0.15) is 5.69 Å². The summed E-state index contributed by atoms with van der Waals surface area (Å²) in [6.07, 6.45) is 2.13. The largest absolute Gasteiger partial charge is 0.366 e. The first-order chi connectivity index (χ1) is 13.3. The Labute approximate surface area is 169 Å². The summed E-state index contributed by atoms with van der Waals surface area (Å²) in [4.78, 5) is 26.0. The SMILES string of the molecule is Cc1cc(C)c(NC(=O)c2ccc(N3CCCC(C)C3)c([N+](=O)[O-])c2)c(Cl)c1. The highest BCUT2D eigenvalue weighted by Crippen LogP contribution is 2.33. The lowest BCUT2D eigenvalue weighted by Crippen LogP contribution is -2.34. The maximum Gasteiger partial charge on any atom is 0.293 e. The standard InChI is InChI=1S/C21H24ClN3O3/c1-13-5-4-8-24(12-13)18-7-6-16(11-19(18)25(27)28)21(26)23-20-15(3)9-14(2)10-17(20)22/h6-7,9-11,13H,4-5,8,12H2,1-3H3,(H,23,26). The van der Waals surface area contributed by atoms with Gasteiger partial charge in [-0.15, -0.1) is 0 Å². The van der Waals surface area contributed by atoms with Gasteiger partial charge in [0.05, 0.1) is 15.6 Å². The fraction of sp³-hybridized carbons (Fsp3) is 0.381. The van der Waals surface area contributed by atoms with E-state index in [1.54, 1.807) is 18.2 Å². The molecule has 3 rings (SSSR count). The third-order valence-corrected chi connectivity index (χ3v) is 5.40. The topological polar surface area (TPSA) is 75.5 Å². The van der Waals surface area contributed by atoms with Gasteiger partial charge < -0.3 is 10.2 Å². The van der Waals surface area contributed by atoms with E-state index in [0.717, 1.165) is 37.1 Å². The van der Waals surface area contributed by atoms with Gasteiger partial charge in [-0.1, -0.05) is 24.6 Å². The van der Waals surface area contributed by atoms with Crippen molar-refractivity contribution in [1.29, 1.82) is 0 Å². The van der Waals surface area contributed by atoms with Crippen molar-refractivity contribution in [3.63, 3.8) is 0 Å². The van der Waals surface area contributed by atoms with Crippen molar-refractivity contribution >= 4 is 34.6 Å². The summed E-state index contributed by atoms with van der Waals surface area (Å²) in [6.45, 7) is 7.50. The van der Waals surface area contributed by atoms with Crippen LogP contribution in [0.4, 0.5) is 17.1 Å². The predicted molar refractivity (Wildman–Crippen MR) is 113 cm³/mol. The molecule has 1 fully saturated rings. The fourth-order valence-electron chi connectivity index (χ4n) is 3.75. The van der Waals surface area contributed by atoms with Crippen molar-refractivity contribution in [2.75, 3.05) is 23.3 Å². The van der Waals surface area contributed by atoms with Gasteiger partial charge in [-0.2, -0.15) is 0 Å². The van der Waals surface area contributed by atoms with Gasteiger partial charge in [0.15, 0.2) is 0 Å². The molecule has 1 amide bonds. The van der Waals surface area contributed by atoms with Gasteiger partial charge >= 0.3 is 0 Å². The molecule has 0 bridgehead atoms. The van der Waals surface area contributed by atoms with E-state index in [4.69, 9.17) is 11.6 Å². The Kier molecular flexibility index (Phi) is 5.89. The van der Waals surface area contributed by atoms with Crippen LogP contribution in [0.25, 0.3) is 0 Å². The second kappa shape index (κ2) is 8.19. The van der Waals surface area contributed by atoms with Crippen LogP contribution in [0.5, 0.6) is 0 Å². The molecule has 0 spiro atoms. The maximum atomic E-state index is 12.7. The van der Waals surface area contributed by atoms with E-state index < -0.39 is 10.8 Å². The minimum Gasteiger partial charge on any atom is -0.366 e. The lowest BCUT2D eigenvalue weighted by atomic mass is 9.99. The molecule has 7 heteroatoms. The number of hydrogen-bond acceptors (Lipinski definition) is 4. The summed E-state index contributed by atoms with van der Waals surface area (Å²) in [5, 5.41) is 14.9. The monoisotopic (exact) mass is 401 g/mol. The number of rotatable bonds is 4. The molecule has 1 heterocycles. The Morgan fingerprint density at radius 2 is 2.04 bits per heavy atom. The van der Waals surface area contributed by atoms with Crippen LogP contribution in [-0.2, 0) is 0 Å². The van der Waals surface area contributed by atoms with E-state index >= 15 is 0 Å². The number of benzene rings is 2. The number of piperidine rings is 1. The Bertz CT molecular complexity index is 906. The highest BCUT2D eigenvalue weighted by molar-refractivity contribution is 6.34. The van der Waals surface area contributed by atoms with E-state index in [2.05, 4.69) is 12.2 Å². The lowest BCUT2D eigenvalue weighted by Gasteiger charge is -2.32. The quantitative estimate of drug-likeness (QED) is 0.553. The Morgan fingerprint density at radius 1 is 1.29 bits per heavy atom. The van der Waals surface area contributed by atoms with E-state index in [1.165, 1.54) is 6.07 Å². The van der Waals surface area contributed by atoms with Crippen molar-refractivity contribution in [2.45, 2.75) is 33.6 Å². The fourth-order valence-corrected chi connectivity index (χ4v) is 4.11. The van der Waals surface area contributed by atoms with E-state index in [-0.39, 0.29) is 11.3 Å². The van der Waals surface area contributed by atoms with Crippen LogP contribution in [0.3, 0.4) is 0 Å². The van der Waals surface area contributed by atoms with Crippen LogP contribution >= 0.6 is 11.6 Å². The molecule has 0 aromatic heterocycles. The first-order valence-corrected chi connectivity index (χ1v) is 9.75. The maximum absolute atomic E-state index is 12.7. The average Bonchev–Trinajstić information content (AvgIpc) is 2.64. The molecule has 2 aromatic rings. The third-order valence-electron chi connectivity index (χ3n) is 5.10. The summed E-state index contributed by atoms with van der Waals surface area (Å²) in [5.74, 6) is 0.0681. The molecule has 1 N–H and O–H groups in total. The van der Waals surface area contributed by atoms with E-state index in [1.807, 2.05) is 24.8 Å². The Hall–Kier alpha value is -2.60. The number of nitrogens with zero attached hydrogens (tertiary/aromatic N) is 2. The van der Waals surface area contributed by atoms with Gasteiger partial charge in [-0.3, -0.25) is 14.9 Å². The molecule has 0 saturated carbocycles. The molecule has 1 aliphatic heterocycles. The van der Waals surface area contributed by atoms with Crippen molar-refractivity contribution < 1.29 is 9.72 Å². The number of nitro benzene ring substituents is 1. The number of halogens is 1. The minimum atomic E-state index is -0.421. The van der Waals surface area contributed by atoms with Crippen LogP contribution in [0, 0.1) is 29.9 Å². The van der Waals surface area contributed by atoms with Crippen LogP contribution in [0.1, 0.15) is 41.3 Å². The molecule has 1 saturated heterocycles. The summed E-state index contributed by atoms with van der Waals surface area (Å²) in [5.41, 5.74) is 3.11. The highest BCUT2D eigenvalue weighted by Gasteiger charge is 2.25. The van der Waals surface area contributed by atoms with Crippen LogP contribution in [0.15, 0.2) is 30.3 Å². The number of nitro groups is 1. The van der Waals surface area contributed by atoms with Gasteiger partial charge in [0.2, 0.25) is 0 Å². The molecular formula is C21H24ClN3O3. The molecule has 148 valence electrons. The Morgan fingerprint density at radius 3 is 2.68 bits per heavy atom. The molecule has 0 aliphatic carbocycles. The summed E-state index contributed by atoms with van der Waals surface area (Å²) in [6, 6.07) is 8.35. The normalized spacial score (nSPS) is 16.7. The Balaban J connectivity index is 1.89. The molecule has 28 heavy (non-hydrogen) atoms. The molecule has 0 radical (unpaired) electrons. The number of amides is 1. The lowest BCUT2D eigenvalue weighted by molar-refractivity contribution is -0.384. The third kappa shape index (κ3) is 4.28. The zero-order chi connectivity index (χ0) is 20.4. The molecular weight excluding hydrogens is 378 g/mol. The number of anilines is 2. The van der Waals surface area contributed by atoms with Crippen LogP contribution < -0.4 is 10.2 Å². The molecule has 2 aromatic carbocycles. The van der Waals surface area contributed by atoms with E-state index in [9.17, 15) is 14.9 Å². The number of carbonyl (C=O) groups excluding carboxylic acids is 1. The number of hydrogen-bond donors (Lipinski definition) is 1. The highest BCUT2D eigenvalue weighted by atomic mass is 35.5. The molecule has 1 unspecified atom stereocenters. The molecule has 1 atom stereocenters. The zero-order valence-corrected chi connectivity index (χ0v) is 17.0. The van der Waals surface area contributed by atoms with Crippen LogP contribution in [0.2, 0.25) is 5.02 Å². The number of aryl methyl sites for hydroxylation is 2. The van der Waals surface area contributed by atoms with Gasteiger partial charge in [0.25, 0.3) is 11.6 Å². The number of nitrogens with one attached hydrogen (secondary N) is 1. The summed E-state index contributed by atoms with van der Waals surface area (Å²) in [7, 11) is 0. The van der Waals surface area contributed by atoms with Crippen molar-refractivity contribution in [3.05, 3.63) is 62.2 Å². The first kappa shape index (κ1) is 20.1. The van der Waals surface area contributed by atoms with E-state index in [0.29, 0.717) is 22.3 Å².